The lowest BCUT2D eigenvalue weighted by Gasteiger charge is -2.15. The lowest BCUT2D eigenvalue weighted by molar-refractivity contribution is 0.739. The molecule has 1 atom stereocenters. The molecule has 0 bridgehead atoms. The molecular weight excluding hydrogens is 236 g/mol. The van der Waals surface area contributed by atoms with Gasteiger partial charge in [-0.3, -0.25) is 0 Å². The highest BCUT2D eigenvalue weighted by molar-refractivity contribution is 5.31. The Balaban J connectivity index is 2.19. The summed E-state index contributed by atoms with van der Waals surface area (Å²) in [5, 5.41) is 3.33. The molecule has 0 spiro atoms. The van der Waals surface area contributed by atoms with Gasteiger partial charge in [0.15, 0.2) is 0 Å². The van der Waals surface area contributed by atoms with E-state index in [1.54, 1.807) is 0 Å². The average molecular weight is 256 g/mol. The summed E-state index contributed by atoms with van der Waals surface area (Å²) in [5.41, 5.74) is 1.21. The molecule has 1 N–H and O–H groups in total. The van der Waals surface area contributed by atoms with Crippen molar-refractivity contribution in [2.75, 3.05) is 5.32 Å². The summed E-state index contributed by atoms with van der Waals surface area (Å²) < 4.78 is 0. The summed E-state index contributed by atoms with van der Waals surface area (Å²) in [6.07, 6.45) is 0. The second-order valence-corrected chi connectivity index (χ2v) is 5.00. The molecule has 1 aromatic carbocycles. The van der Waals surface area contributed by atoms with E-state index in [2.05, 4.69) is 53.2 Å². The van der Waals surface area contributed by atoms with Gasteiger partial charge in [0.2, 0.25) is 5.95 Å². The second kappa shape index (κ2) is 5.78. The van der Waals surface area contributed by atoms with Gasteiger partial charge < -0.3 is 5.32 Å². The third kappa shape index (κ3) is 3.50. The van der Waals surface area contributed by atoms with Gasteiger partial charge in [-0.2, -0.15) is 9.97 Å². The van der Waals surface area contributed by atoms with Crippen LogP contribution in [-0.4, -0.2) is 15.0 Å². The monoisotopic (exact) mass is 256 g/mol. The molecular formula is C15H20N4. The van der Waals surface area contributed by atoms with E-state index >= 15 is 0 Å². The molecule has 4 heteroatoms. The van der Waals surface area contributed by atoms with E-state index in [9.17, 15) is 0 Å². The van der Waals surface area contributed by atoms with Gasteiger partial charge >= 0.3 is 0 Å². The number of benzene rings is 1. The van der Waals surface area contributed by atoms with Crippen LogP contribution in [0.3, 0.4) is 0 Å². The molecule has 2 aromatic rings. The van der Waals surface area contributed by atoms with E-state index in [-0.39, 0.29) is 6.04 Å². The van der Waals surface area contributed by atoms with Gasteiger partial charge in [0.25, 0.3) is 0 Å². The molecule has 100 valence electrons. The Kier molecular flexibility index (Phi) is 4.10. The summed E-state index contributed by atoms with van der Waals surface area (Å²) in [7, 11) is 0. The summed E-state index contributed by atoms with van der Waals surface area (Å²) in [5.74, 6) is 2.53. The maximum absolute atomic E-state index is 4.47. The molecule has 0 amide bonds. The molecule has 0 radical (unpaired) electrons. The van der Waals surface area contributed by atoms with Crippen LogP contribution in [0.2, 0.25) is 0 Å². The maximum Gasteiger partial charge on any atom is 0.226 e. The van der Waals surface area contributed by atoms with Crippen LogP contribution in [0.15, 0.2) is 30.3 Å². The topological polar surface area (TPSA) is 50.7 Å². The Morgan fingerprint density at radius 1 is 0.947 bits per heavy atom. The molecule has 0 saturated heterocycles. The molecule has 1 heterocycles. The molecule has 0 aliphatic rings. The lowest BCUT2D eigenvalue weighted by atomic mass is 10.1. The van der Waals surface area contributed by atoms with Crippen molar-refractivity contribution in [2.24, 2.45) is 0 Å². The normalized spacial score (nSPS) is 12.5. The third-order valence-corrected chi connectivity index (χ3v) is 2.93. The highest BCUT2D eigenvalue weighted by Crippen LogP contribution is 2.17. The van der Waals surface area contributed by atoms with Crippen LogP contribution < -0.4 is 5.32 Å². The van der Waals surface area contributed by atoms with Crippen LogP contribution in [0.25, 0.3) is 0 Å². The molecule has 19 heavy (non-hydrogen) atoms. The van der Waals surface area contributed by atoms with E-state index in [4.69, 9.17) is 0 Å². The molecule has 0 saturated carbocycles. The standard InChI is InChI=1S/C15H20N4/c1-10(2)14-17-12(4)18-15(19-14)16-11(3)13-8-6-5-7-9-13/h5-11H,1-4H3,(H,16,17,18,19). The van der Waals surface area contributed by atoms with Crippen LogP contribution in [0.1, 0.15) is 49.9 Å². The fourth-order valence-electron chi connectivity index (χ4n) is 1.84. The highest BCUT2D eigenvalue weighted by Gasteiger charge is 2.10. The smallest absolute Gasteiger partial charge is 0.226 e. The molecule has 2 rings (SSSR count). The first-order valence-corrected chi connectivity index (χ1v) is 6.60. The largest absolute Gasteiger partial charge is 0.348 e. The maximum atomic E-state index is 4.47. The second-order valence-electron chi connectivity index (χ2n) is 5.00. The van der Waals surface area contributed by atoms with E-state index in [1.807, 2.05) is 25.1 Å². The summed E-state index contributed by atoms with van der Waals surface area (Å²) in [6, 6.07) is 10.4. The van der Waals surface area contributed by atoms with Gasteiger partial charge in [0.05, 0.1) is 6.04 Å². The molecule has 0 aliphatic heterocycles. The predicted octanol–water partition coefficient (Wildman–Crippen LogP) is 3.48. The number of nitrogens with one attached hydrogen (secondary N) is 1. The van der Waals surface area contributed by atoms with Gasteiger partial charge in [-0.1, -0.05) is 44.2 Å². The Morgan fingerprint density at radius 3 is 2.26 bits per heavy atom. The predicted molar refractivity (Wildman–Crippen MR) is 77.1 cm³/mol. The summed E-state index contributed by atoms with van der Waals surface area (Å²) >= 11 is 0. The van der Waals surface area contributed by atoms with Crippen molar-refractivity contribution < 1.29 is 0 Å². The Morgan fingerprint density at radius 2 is 1.63 bits per heavy atom. The van der Waals surface area contributed by atoms with Crippen LogP contribution in [0.4, 0.5) is 5.95 Å². The zero-order chi connectivity index (χ0) is 13.8. The molecule has 0 aliphatic carbocycles. The minimum atomic E-state index is 0.169. The Hall–Kier alpha value is -1.97. The van der Waals surface area contributed by atoms with Crippen molar-refractivity contribution >= 4 is 5.95 Å². The minimum absolute atomic E-state index is 0.169. The fraction of sp³-hybridized carbons (Fsp3) is 0.400. The van der Waals surface area contributed by atoms with E-state index in [0.717, 1.165) is 11.6 Å². The molecule has 0 fully saturated rings. The van der Waals surface area contributed by atoms with Crippen LogP contribution in [0, 0.1) is 6.92 Å². The van der Waals surface area contributed by atoms with E-state index in [1.165, 1.54) is 5.56 Å². The number of anilines is 1. The minimum Gasteiger partial charge on any atom is -0.348 e. The molecule has 4 nitrogen and oxygen atoms in total. The zero-order valence-corrected chi connectivity index (χ0v) is 11.9. The van der Waals surface area contributed by atoms with Crippen molar-refractivity contribution in [2.45, 2.75) is 39.7 Å². The quantitative estimate of drug-likeness (QED) is 0.910. The first kappa shape index (κ1) is 13.5. The van der Waals surface area contributed by atoms with Gasteiger partial charge in [-0.25, -0.2) is 4.98 Å². The number of nitrogens with zero attached hydrogens (tertiary/aromatic N) is 3. The number of hydrogen-bond acceptors (Lipinski definition) is 4. The fourth-order valence-corrected chi connectivity index (χ4v) is 1.84. The summed E-state index contributed by atoms with van der Waals surface area (Å²) in [4.78, 5) is 13.2. The van der Waals surface area contributed by atoms with Crippen LogP contribution >= 0.6 is 0 Å². The van der Waals surface area contributed by atoms with Crippen molar-refractivity contribution in [1.82, 2.24) is 15.0 Å². The van der Waals surface area contributed by atoms with Gasteiger partial charge in [0, 0.05) is 5.92 Å². The summed E-state index contributed by atoms with van der Waals surface area (Å²) in [6.45, 7) is 8.16. The van der Waals surface area contributed by atoms with Crippen LogP contribution in [0.5, 0.6) is 0 Å². The number of aromatic nitrogens is 3. The molecule has 1 aromatic heterocycles. The average Bonchev–Trinajstić information content (AvgIpc) is 2.39. The van der Waals surface area contributed by atoms with Crippen molar-refractivity contribution in [3.05, 3.63) is 47.5 Å². The van der Waals surface area contributed by atoms with Crippen molar-refractivity contribution in [3.8, 4) is 0 Å². The first-order valence-electron chi connectivity index (χ1n) is 6.60. The van der Waals surface area contributed by atoms with Gasteiger partial charge in [0.1, 0.15) is 11.6 Å². The SMILES string of the molecule is Cc1nc(NC(C)c2ccccc2)nc(C(C)C)n1. The van der Waals surface area contributed by atoms with Crippen molar-refractivity contribution in [3.63, 3.8) is 0 Å². The number of aryl methyl sites for hydroxylation is 1. The van der Waals surface area contributed by atoms with Crippen LogP contribution in [-0.2, 0) is 0 Å². The van der Waals surface area contributed by atoms with E-state index in [0.29, 0.717) is 11.9 Å². The number of rotatable bonds is 4. The zero-order valence-electron chi connectivity index (χ0n) is 11.9. The highest BCUT2D eigenvalue weighted by atomic mass is 15.2. The third-order valence-electron chi connectivity index (χ3n) is 2.93. The Bertz CT molecular complexity index is 537. The Labute approximate surface area is 114 Å². The number of hydrogen-bond donors (Lipinski definition) is 1. The molecule has 1 unspecified atom stereocenters. The van der Waals surface area contributed by atoms with Gasteiger partial charge in [-0.15, -0.1) is 0 Å². The van der Waals surface area contributed by atoms with E-state index < -0.39 is 0 Å². The lowest BCUT2D eigenvalue weighted by Crippen LogP contribution is -2.12. The van der Waals surface area contributed by atoms with Gasteiger partial charge in [-0.05, 0) is 19.4 Å². The first-order chi connectivity index (χ1) is 9.06. The van der Waals surface area contributed by atoms with Crippen molar-refractivity contribution in [1.29, 1.82) is 0 Å².